The van der Waals surface area contributed by atoms with Crippen LogP contribution in [-0.2, 0) is 4.79 Å². The van der Waals surface area contributed by atoms with Gasteiger partial charge in [0.25, 0.3) is 5.91 Å². The van der Waals surface area contributed by atoms with Crippen LogP contribution in [0.4, 0.5) is 0 Å². The number of hydrogen-bond acceptors (Lipinski definition) is 4. The number of benzene rings is 3. The lowest BCUT2D eigenvalue weighted by molar-refractivity contribution is -0.596. The summed E-state index contributed by atoms with van der Waals surface area (Å²) in [6.45, 7) is 0. The van der Waals surface area contributed by atoms with Crippen LogP contribution in [0.3, 0.4) is 0 Å². The Hall–Kier alpha value is -4.13. The van der Waals surface area contributed by atoms with Crippen molar-refractivity contribution in [1.29, 1.82) is 0 Å². The van der Waals surface area contributed by atoms with E-state index in [0.29, 0.717) is 17.1 Å². The van der Waals surface area contributed by atoms with Gasteiger partial charge in [0.15, 0.2) is 6.04 Å². The van der Waals surface area contributed by atoms with Gasteiger partial charge in [-0.15, -0.1) is 10.1 Å². The van der Waals surface area contributed by atoms with Crippen LogP contribution in [0.5, 0.6) is 11.5 Å². The number of hydrazone groups is 1. The average molecular weight is 430 g/mol. The van der Waals surface area contributed by atoms with Gasteiger partial charge < -0.3 is 14.8 Å². The van der Waals surface area contributed by atoms with Crippen LogP contribution in [0, 0.1) is 0 Å². The Bertz CT molecular complexity index is 1140. The molecule has 1 fully saturated rings. The van der Waals surface area contributed by atoms with E-state index in [1.807, 2.05) is 60.8 Å². The number of rotatable bonds is 6. The van der Waals surface area contributed by atoms with Crippen LogP contribution in [0.2, 0.25) is 0 Å². The zero-order valence-electron chi connectivity index (χ0n) is 17.8. The summed E-state index contributed by atoms with van der Waals surface area (Å²) < 4.78 is 12.2. The van der Waals surface area contributed by atoms with Gasteiger partial charge in [0.1, 0.15) is 11.5 Å². The summed E-state index contributed by atoms with van der Waals surface area (Å²) in [5.74, 6) is 0.739. The fourth-order valence-corrected chi connectivity index (χ4v) is 3.68. The van der Waals surface area contributed by atoms with Crippen LogP contribution < -0.4 is 20.2 Å². The van der Waals surface area contributed by atoms with Crippen molar-refractivity contribution in [3.63, 3.8) is 0 Å². The SMILES string of the molecule is COc1ccc(C(=O)N[C@H]2C(=O)N/[N+](=C\c3cccc(OC)c3)[C@H]2c2ccccc2)cc1. The summed E-state index contributed by atoms with van der Waals surface area (Å²) in [5.41, 5.74) is 5.07. The minimum Gasteiger partial charge on any atom is -0.497 e. The Balaban J connectivity index is 1.66. The number of ether oxygens (including phenoxy) is 2. The van der Waals surface area contributed by atoms with E-state index in [0.717, 1.165) is 11.1 Å². The number of hydrazine groups is 1. The summed E-state index contributed by atoms with van der Waals surface area (Å²) in [4.78, 5) is 25.8. The Labute approximate surface area is 186 Å². The lowest BCUT2D eigenvalue weighted by Gasteiger charge is -2.15. The first-order valence-corrected chi connectivity index (χ1v) is 10.2. The number of nitrogens with one attached hydrogen (secondary N) is 2. The van der Waals surface area contributed by atoms with Gasteiger partial charge in [0.2, 0.25) is 12.3 Å². The molecule has 32 heavy (non-hydrogen) atoms. The number of hydrogen-bond donors (Lipinski definition) is 2. The molecule has 1 saturated heterocycles. The monoisotopic (exact) mass is 430 g/mol. The predicted octanol–water partition coefficient (Wildman–Crippen LogP) is 2.72. The first-order valence-electron chi connectivity index (χ1n) is 10.2. The van der Waals surface area contributed by atoms with Crippen molar-refractivity contribution in [2.24, 2.45) is 0 Å². The molecular weight excluding hydrogens is 406 g/mol. The molecule has 3 aromatic rings. The van der Waals surface area contributed by atoms with Gasteiger partial charge >= 0.3 is 5.91 Å². The molecule has 2 atom stereocenters. The van der Waals surface area contributed by atoms with Gasteiger partial charge in [-0.2, -0.15) is 0 Å². The maximum Gasteiger partial charge on any atom is 0.304 e. The average Bonchev–Trinajstić information content (AvgIpc) is 3.13. The molecule has 0 bridgehead atoms. The van der Waals surface area contributed by atoms with E-state index >= 15 is 0 Å². The molecule has 162 valence electrons. The van der Waals surface area contributed by atoms with Crippen LogP contribution in [0.15, 0.2) is 78.9 Å². The van der Waals surface area contributed by atoms with Crippen LogP contribution in [-0.4, -0.2) is 43.0 Å². The molecule has 2 N–H and O–H groups in total. The normalized spacial score (nSPS) is 18.8. The molecule has 1 aliphatic heterocycles. The Kier molecular flexibility index (Phi) is 6.17. The van der Waals surface area contributed by atoms with Crippen LogP contribution in [0.25, 0.3) is 0 Å². The summed E-state index contributed by atoms with van der Waals surface area (Å²) in [5, 5.41) is 2.89. The van der Waals surface area contributed by atoms with Crippen molar-refractivity contribution >= 4 is 18.0 Å². The van der Waals surface area contributed by atoms with Gasteiger partial charge in [-0.1, -0.05) is 36.4 Å². The number of carbonyl (C=O) groups is 2. The molecule has 7 nitrogen and oxygen atoms in total. The van der Waals surface area contributed by atoms with E-state index in [9.17, 15) is 9.59 Å². The highest BCUT2D eigenvalue weighted by Gasteiger charge is 2.47. The number of methoxy groups -OCH3 is 2. The molecule has 0 saturated carbocycles. The Morgan fingerprint density at radius 1 is 0.938 bits per heavy atom. The smallest absolute Gasteiger partial charge is 0.304 e. The van der Waals surface area contributed by atoms with E-state index < -0.39 is 12.1 Å². The molecule has 0 aromatic heterocycles. The molecule has 4 rings (SSSR count). The highest BCUT2D eigenvalue weighted by atomic mass is 16.5. The van der Waals surface area contributed by atoms with Gasteiger partial charge in [-0.05, 0) is 42.5 Å². The maximum atomic E-state index is 12.9. The largest absolute Gasteiger partial charge is 0.497 e. The highest BCUT2D eigenvalue weighted by Crippen LogP contribution is 2.26. The van der Waals surface area contributed by atoms with Gasteiger partial charge in [0.05, 0.1) is 14.2 Å². The van der Waals surface area contributed by atoms with E-state index in [1.165, 1.54) is 0 Å². The number of carbonyl (C=O) groups excluding carboxylic acids is 2. The Morgan fingerprint density at radius 2 is 1.66 bits per heavy atom. The second kappa shape index (κ2) is 9.34. The van der Waals surface area contributed by atoms with E-state index in [4.69, 9.17) is 9.47 Å². The zero-order valence-corrected chi connectivity index (χ0v) is 17.8. The van der Waals surface area contributed by atoms with Crippen molar-refractivity contribution in [1.82, 2.24) is 10.7 Å². The molecular formula is C25H24N3O4+. The van der Waals surface area contributed by atoms with Crippen molar-refractivity contribution in [2.45, 2.75) is 12.1 Å². The lowest BCUT2D eigenvalue weighted by atomic mass is 10.00. The summed E-state index contributed by atoms with van der Waals surface area (Å²) >= 11 is 0. The molecule has 1 aliphatic rings. The third-order valence-electron chi connectivity index (χ3n) is 5.30. The van der Waals surface area contributed by atoms with Crippen molar-refractivity contribution < 1.29 is 23.7 Å². The molecule has 0 aliphatic carbocycles. The summed E-state index contributed by atoms with van der Waals surface area (Å²) in [7, 11) is 3.17. The minimum atomic E-state index is -0.783. The maximum absolute atomic E-state index is 12.9. The minimum absolute atomic E-state index is 0.292. The Morgan fingerprint density at radius 3 is 2.34 bits per heavy atom. The number of amides is 2. The first-order chi connectivity index (χ1) is 15.6. The first kappa shape index (κ1) is 21.1. The topological polar surface area (TPSA) is 79.7 Å². The van der Waals surface area contributed by atoms with Crippen LogP contribution >= 0.6 is 0 Å². The van der Waals surface area contributed by atoms with Crippen molar-refractivity contribution in [3.05, 3.63) is 95.6 Å². The molecule has 0 unspecified atom stereocenters. The third kappa shape index (κ3) is 4.46. The second-order valence-corrected chi connectivity index (χ2v) is 7.32. The fraction of sp³-hybridized carbons (Fsp3) is 0.160. The molecule has 7 heteroatoms. The van der Waals surface area contributed by atoms with Crippen molar-refractivity contribution in [3.8, 4) is 11.5 Å². The standard InChI is InChI=1S/C25H23N3O4/c1-31-20-13-11-19(12-14-20)24(29)26-22-23(18-8-4-3-5-9-18)28(27-25(22)30)16-17-7-6-10-21(15-17)32-2/h3-16,22-23H,1-2H3,(H-,26,27,29,30)/p+1/b28-16-/t22-,23+/m1/s1. The fourth-order valence-electron chi connectivity index (χ4n) is 3.68. The molecule has 0 spiro atoms. The van der Waals surface area contributed by atoms with Crippen LogP contribution in [0.1, 0.15) is 27.5 Å². The summed E-state index contributed by atoms with van der Waals surface area (Å²) in [6.07, 6.45) is 1.83. The molecule has 2 amide bonds. The molecule has 3 aromatic carbocycles. The highest BCUT2D eigenvalue weighted by molar-refractivity contribution is 5.98. The lowest BCUT2D eigenvalue weighted by Crippen LogP contribution is -2.42. The van der Waals surface area contributed by atoms with Gasteiger partial charge in [-0.25, -0.2) is 0 Å². The van der Waals surface area contributed by atoms with E-state index in [-0.39, 0.29) is 11.8 Å². The summed E-state index contributed by atoms with van der Waals surface area (Å²) in [6, 6.07) is 22.6. The molecule has 0 radical (unpaired) electrons. The van der Waals surface area contributed by atoms with Gasteiger partial charge in [-0.3, -0.25) is 9.59 Å². The second-order valence-electron chi connectivity index (χ2n) is 7.32. The van der Waals surface area contributed by atoms with Crippen molar-refractivity contribution in [2.75, 3.05) is 14.2 Å². The van der Waals surface area contributed by atoms with E-state index in [1.54, 1.807) is 43.2 Å². The van der Waals surface area contributed by atoms with Gasteiger partial charge in [0, 0.05) is 16.7 Å². The molecule has 1 heterocycles. The predicted molar refractivity (Wildman–Crippen MR) is 120 cm³/mol. The third-order valence-corrected chi connectivity index (χ3v) is 5.30. The zero-order chi connectivity index (χ0) is 22.5. The van der Waals surface area contributed by atoms with E-state index in [2.05, 4.69) is 10.7 Å². The number of nitrogens with zero attached hydrogens (tertiary/aromatic N) is 1. The quantitative estimate of drug-likeness (QED) is 0.590.